The summed E-state index contributed by atoms with van der Waals surface area (Å²) in [5.41, 5.74) is 2.02. The van der Waals surface area contributed by atoms with Crippen molar-refractivity contribution in [3.63, 3.8) is 0 Å². The SMILES string of the molecule is COS(=O)(=O)OCc1ccccc1.C[S+](C/C=C/c1ccccc1)c1ccc(O)cc1. The number of phenolic OH excluding ortho intramolecular Hbond substituents is 1. The zero-order chi connectivity index (χ0) is 22.5. The van der Waals surface area contributed by atoms with Crippen LogP contribution in [-0.2, 0) is 36.3 Å². The lowest BCUT2D eigenvalue weighted by atomic mass is 10.2. The molecule has 0 aliphatic rings. The lowest BCUT2D eigenvalue weighted by Gasteiger charge is -2.01. The third kappa shape index (κ3) is 9.85. The fourth-order valence-electron chi connectivity index (χ4n) is 2.43. The number of rotatable bonds is 8. The van der Waals surface area contributed by atoms with Gasteiger partial charge in [0.15, 0.2) is 4.90 Å². The van der Waals surface area contributed by atoms with Crippen molar-refractivity contribution >= 4 is 27.4 Å². The molecule has 1 N–H and O–H groups in total. The average Bonchev–Trinajstić information content (AvgIpc) is 2.80. The van der Waals surface area contributed by atoms with E-state index in [-0.39, 0.29) is 17.5 Å². The second-order valence-corrected chi connectivity index (χ2v) is 9.90. The predicted octanol–water partition coefficient (Wildman–Crippen LogP) is 4.81. The Hall–Kier alpha value is -2.58. The summed E-state index contributed by atoms with van der Waals surface area (Å²) in [5.74, 6) is 1.36. The van der Waals surface area contributed by atoms with Crippen LogP contribution in [0.15, 0.2) is 95.9 Å². The van der Waals surface area contributed by atoms with Crippen LogP contribution in [0.4, 0.5) is 0 Å². The van der Waals surface area contributed by atoms with Gasteiger partial charge < -0.3 is 5.11 Å². The third-order valence-corrected chi connectivity index (χ3v) is 6.70. The van der Waals surface area contributed by atoms with Crippen LogP contribution in [-0.4, -0.2) is 32.6 Å². The molecule has 1 atom stereocenters. The fourth-order valence-corrected chi connectivity index (χ4v) is 3.98. The minimum absolute atomic E-state index is 0.00296. The summed E-state index contributed by atoms with van der Waals surface area (Å²) in [5, 5.41) is 9.25. The largest absolute Gasteiger partial charge is 0.508 e. The van der Waals surface area contributed by atoms with Gasteiger partial charge in [0.1, 0.15) is 17.8 Å². The molecule has 3 aromatic rings. The van der Waals surface area contributed by atoms with Gasteiger partial charge in [-0.25, -0.2) is 4.18 Å². The normalized spacial score (nSPS) is 12.2. The molecule has 0 aromatic heterocycles. The fraction of sp³-hybridized carbons (Fsp3) is 0.167. The molecule has 1 unspecified atom stereocenters. The Morgan fingerprint density at radius 1 is 0.903 bits per heavy atom. The lowest BCUT2D eigenvalue weighted by molar-refractivity contribution is 0.236. The second-order valence-electron chi connectivity index (χ2n) is 6.43. The first-order valence-corrected chi connectivity index (χ1v) is 12.7. The van der Waals surface area contributed by atoms with Gasteiger partial charge in [-0.3, -0.25) is 4.18 Å². The Labute approximate surface area is 187 Å². The van der Waals surface area contributed by atoms with Gasteiger partial charge in [-0.05, 0) is 41.5 Å². The first-order valence-electron chi connectivity index (χ1n) is 9.51. The van der Waals surface area contributed by atoms with Crippen molar-refractivity contribution in [1.82, 2.24) is 0 Å². The summed E-state index contributed by atoms with van der Waals surface area (Å²) >= 11 is 0. The van der Waals surface area contributed by atoms with E-state index >= 15 is 0 Å². The molecular weight excluding hydrogens is 432 g/mol. The monoisotopic (exact) mass is 459 g/mol. The summed E-state index contributed by atoms with van der Waals surface area (Å²) in [6, 6.07) is 26.8. The van der Waals surface area contributed by atoms with Gasteiger partial charge >= 0.3 is 10.4 Å². The van der Waals surface area contributed by atoms with Crippen LogP contribution in [0.25, 0.3) is 6.08 Å². The highest BCUT2D eigenvalue weighted by Gasteiger charge is 2.12. The number of benzene rings is 3. The van der Waals surface area contributed by atoms with Crippen LogP contribution >= 0.6 is 0 Å². The van der Waals surface area contributed by atoms with Gasteiger partial charge in [0, 0.05) is 10.9 Å². The van der Waals surface area contributed by atoms with Gasteiger partial charge in [-0.1, -0.05) is 66.7 Å². The minimum Gasteiger partial charge on any atom is -0.508 e. The highest BCUT2D eigenvalue weighted by Crippen LogP contribution is 2.16. The maximum Gasteiger partial charge on any atom is 0.399 e. The van der Waals surface area contributed by atoms with E-state index in [1.54, 1.807) is 36.4 Å². The number of aromatic hydroxyl groups is 1. The van der Waals surface area contributed by atoms with Gasteiger partial charge in [-0.2, -0.15) is 8.42 Å². The molecule has 0 saturated carbocycles. The Bertz CT molecular complexity index is 1020. The number of hydrogen-bond donors (Lipinski definition) is 1. The molecule has 3 aromatic carbocycles. The summed E-state index contributed by atoms with van der Waals surface area (Å²) in [6.45, 7) is -0.00296. The van der Waals surface area contributed by atoms with Crippen LogP contribution in [0.1, 0.15) is 11.1 Å². The van der Waals surface area contributed by atoms with Crippen LogP contribution in [0, 0.1) is 0 Å². The minimum atomic E-state index is -3.82. The summed E-state index contributed by atoms with van der Waals surface area (Å²) in [6.07, 6.45) is 6.59. The van der Waals surface area contributed by atoms with E-state index in [4.69, 9.17) is 0 Å². The maximum atomic E-state index is 10.7. The van der Waals surface area contributed by atoms with Crippen LogP contribution in [0.3, 0.4) is 0 Å². The molecular formula is C24H27O5S2+. The topological polar surface area (TPSA) is 72.8 Å². The second kappa shape index (κ2) is 13.0. The molecule has 0 spiro atoms. The molecule has 0 radical (unpaired) electrons. The Morgan fingerprint density at radius 2 is 1.48 bits per heavy atom. The van der Waals surface area contributed by atoms with E-state index in [0.29, 0.717) is 5.75 Å². The molecule has 0 bridgehead atoms. The van der Waals surface area contributed by atoms with E-state index in [9.17, 15) is 13.5 Å². The number of hydrogen-bond acceptors (Lipinski definition) is 5. The molecule has 0 saturated heterocycles. The molecule has 3 rings (SSSR count). The van der Waals surface area contributed by atoms with Gasteiger partial charge in [-0.15, -0.1) is 0 Å². The maximum absolute atomic E-state index is 10.7. The Morgan fingerprint density at radius 3 is 2.06 bits per heavy atom. The molecule has 164 valence electrons. The van der Waals surface area contributed by atoms with E-state index in [0.717, 1.165) is 18.4 Å². The first-order chi connectivity index (χ1) is 14.9. The van der Waals surface area contributed by atoms with Crippen molar-refractivity contribution in [2.45, 2.75) is 11.5 Å². The Kier molecular flexibility index (Phi) is 10.3. The van der Waals surface area contributed by atoms with Crippen molar-refractivity contribution < 1.29 is 21.9 Å². The molecule has 7 heteroatoms. The molecule has 0 aliphatic carbocycles. The summed E-state index contributed by atoms with van der Waals surface area (Å²) < 4.78 is 30.1. The van der Waals surface area contributed by atoms with E-state index in [1.165, 1.54) is 10.5 Å². The smallest absolute Gasteiger partial charge is 0.399 e. The van der Waals surface area contributed by atoms with E-state index in [2.05, 4.69) is 38.9 Å². The standard InChI is InChI=1S/C16H16OS.C8H10O4S/c1-18(16-11-9-15(17)10-12-16)13-5-8-14-6-3-2-4-7-14;1-11-13(9,10)12-7-8-5-3-2-4-6-8/h2-12H,13H2,1H3;2-6H,7H2,1H3/p+1/b8-5+;. The quantitative estimate of drug-likeness (QED) is 0.490. The van der Waals surface area contributed by atoms with Crippen molar-refractivity contribution in [2.75, 3.05) is 19.1 Å². The Balaban J connectivity index is 0.000000233. The van der Waals surface area contributed by atoms with Crippen molar-refractivity contribution in [3.05, 3.63) is 102 Å². The third-order valence-electron chi connectivity index (χ3n) is 4.11. The van der Waals surface area contributed by atoms with Crippen molar-refractivity contribution in [2.24, 2.45) is 0 Å². The molecule has 0 fully saturated rings. The molecule has 5 nitrogen and oxygen atoms in total. The van der Waals surface area contributed by atoms with Gasteiger partial charge in [0.05, 0.1) is 13.7 Å². The van der Waals surface area contributed by atoms with Crippen LogP contribution < -0.4 is 0 Å². The summed E-state index contributed by atoms with van der Waals surface area (Å²) in [7, 11) is -2.58. The molecule has 0 amide bonds. The van der Waals surface area contributed by atoms with Crippen molar-refractivity contribution in [1.29, 1.82) is 0 Å². The van der Waals surface area contributed by atoms with Crippen molar-refractivity contribution in [3.8, 4) is 5.75 Å². The number of phenols is 1. The zero-order valence-electron chi connectivity index (χ0n) is 17.5. The highest BCUT2D eigenvalue weighted by atomic mass is 32.3. The summed E-state index contributed by atoms with van der Waals surface area (Å²) in [4.78, 5) is 1.28. The van der Waals surface area contributed by atoms with E-state index < -0.39 is 10.4 Å². The lowest BCUT2D eigenvalue weighted by Crippen LogP contribution is -2.06. The van der Waals surface area contributed by atoms with E-state index in [1.807, 2.05) is 36.4 Å². The first kappa shape index (κ1) is 24.7. The molecule has 31 heavy (non-hydrogen) atoms. The molecule has 0 aliphatic heterocycles. The predicted molar refractivity (Wildman–Crippen MR) is 127 cm³/mol. The highest BCUT2D eigenvalue weighted by molar-refractivity contribution is 7.96. The average molecular weight is 460 g/mol. The van der Waals surface area contributed by atoms with Gasteiger partial charge in [0.25, 0.3) is 0 Å². The van der Waals surface area contributed by atoms with Gasteiger partial charge in [0.2, 0.25) is 0 Å². The van der Waals surface area contributed by atoms with Crippen LogP contribution in [0.2, 0.25) is 0 Å². The zero-order valence-corrected chi connectivity index (χ0v) is 19.2. The molecule has 0 heterocycles. The van der Waals surface area contributed by atoms with Crippen LogP contribution in [0.5, 0.6) is 5.75 Å².